The van der Waals surface area contributed by atoms with Crippen LogP contribution >= 0.6 is 0 Å². The molecule has 11 heteroatoms. The Morgan fingerprint density at radius 2 is 1.83 bits per heavy atom. The van der Waals surface area contributed by atoms with E-state index in [1.54, 1.807) is 5.48 Å². The number of aliphatic hydroxyl groups excluding tert-OH is 1. The number of hydrogen-bond acceptors (Lipinski definition) is 8. The smallest absolute Gasteiger partial charge is 0.195 e. The Morgan fingerprint density at radius 3 is 2.41 bits per heavy atom. The lowest BCUT2D eigenvalue weighted by atomic mass is 10.1. The molecule has 0 aliphatic carbocycles. The van der Waals surface area contributed by atoms with Gasteiger partial charge in [0.1, 0.15) is 6.17 Å². The predicted molar refractivity (Wildman–Crippen MR) is 94.1 cm³/mol. The van der Waals surface area contributed by atoms with E-state index < -0.39 is 35.5 Å². The molecule has 1 aromatic rings. The summed E-state index contributed by atoms with van der Waals surface area (Å²) in [6.45, 7) is 2.09. The summed E-state index contributed by atoms with van der Waals surface area (Å²) in [5, 5.41) is 17.1. The molecule has 29 heavy (non-hydrogen) atoms. The van der Waals surface area contributed by atoms with Gasteiger partial charge in [-0.05, 0) is 31.7 Å². The van der Waals surface area contributed by atoms with Gasteiger partial charge in [0.15, 0.2) is 30.0 Å². The molecular formula is C18H27F3N2O6. The highest BCUT2D eigenvalue weighted by Gasteiger charge is 2.29. The van der Waals surface area contributed by atoms with Crippen LogP contribution in [0, 0.1) is 17.5 Å². The van der Waals surface area contributed by atoms with Crippen LogP contribution in [-0.2, 0) is 18.9 Å². The van der Waals surface area contributed by atoms with Crippen molar-refractivity contribution in [2.45, 2.75) is 44.4 Å². The van der Waals surface area contributed by atoms with Gasteiger partial charge in [0, 0.05) is 24.3 Å². The topological polar surface area (TPSA) is 115 Å². The van der Waals surface area contributed by atoms with Crippen molar-refractivity contribution in [2.24, 2.45) is 5.73 Å². The zero-order valence-electron chi connectivity index (χ0n) is 15.9. The number of hydroxylamine groups is 1. The number of ether oxygens (including phenoxy) is 4. The lowest BCUT2D eigenvalue weighted by Crippen LogP contribution is -2.27. The van der Waals surface area contributed by atoms with Crippen LogP contribution in [0.5, 0.6) is 0 Å². The molecule has 2 saturated heterocycles. The van der Waals surface area contributed by atoms with Gasteiger partial charge in [0.05, 0.1) is 19.8 Å². The maximum Gasteiger partial charge on any atom is 0.195 e. The molecule has 1 aromatic carbocycles. The van der Waals surface area contributed by atoms with Crippen molar-refractivity contribution in [1.29, 1.82) is 0 Å². The van der Waals surface area contributed by atoms with Crippen LogP contribution in [-0.4, -0.2) is 49.6 Å². The maximum atomic E-state index is 13.6. The lowest BCUT2D eigenvalue weighted by Gasteiger charge is -2.22. The molecule has 8 nitrogen and oxygen atoms in total. The minimum atomic E-state index is -1.69. The molecule has 166 valence electrons. The van der Waals surface area contributed by atoms with Gasteiger partial charge in [-0.25, -0.2) is 13.2 Å². The fraction of sp³-hybridized carbons (Fsp3) is 0.667. The number of nitrogens with one attached hydrogen (secondary N) is 1. The first kappa shape index (κ1) is 24.0. The van der Waals surface area contributed by atoms with E-state index in [9.17, 15) is 13.2 Å². The molecule has 0 spiro atoms. The van der Waals surface area contributed by atoms with Crippen molar-refractivity contribution >= 4 is 0 Å². The van der Waals surface area contributed by atoms with Crippen LogP contribution in [0.15, 0.2) is 6.07 Å². The number of rotatable bonds is 7. The molecular weight excluding hydrogens is 397 g/mol. The highest BCUT2D eigenvalue weighted by Crippen LogP contribution is 2.31. The second-order valence-corrected chi connectivity index (χ2v) is 6.42. The Morgan fingerprint density at radius 1 is 1.10 bits per heavy atom. The van der Waals surface area contributed by atoms with E-state index in [1.165, 1.54) is 6.42 Å². The summed E-state index contributed by atoms with van der Waals surface area (Å²) < 4.78 is 61.1. The molecule has 2 fully saturated rings. The molecule has 0 aromatic heterocycles. The van der Waals surface area contributed by atoms with Crippen molar-refractivity contribution < 1.29 is 42.4 Å². The largest absolute Gasteiger partial charge is 0.396 e. The van der Waals surface area contributed by atoms with Crippen molar-refractivity contribution in [3.05, 3.63) is 34.6 Å². The number of halogens is 3. The number of aliphatic hydroxyl groups is 1. The van der Waals surface area contributed by atoms with E-state index in [0.717, 1.165) is 25.5 Å². The minimum absolute atomic E-state index is 0.00435. The number of benzene rings is 1. The molecule has 0 amide bonds. The summed E-state index contributed by atoms with van der Waals surface area (Å²) in [4.78, 5) is 0. The molecule has 2 heterocycles. The molecule has 2 aliphatic rings. The monoisotopic (exact) mass is 424 g/mol. The SMILES string of the molecule is NC(NO)c1cc(C2OCCO2)c(F)c(F)c1F.OCCCOC1CCCCO1. The predicted octanol–water partition coefficient (Wildman–Crippen LogP) is 2.00. The Labute approximate surface area is 166 Å². The van der Waals surface area contributed by atoms with E-state index in [-0.39, 0.29) is 31.7 Å². The highest BCUT2D eigenvalue weighted by atomic mass is 19.2. The van der Waals surface area contributed by atoms with Crippen LogP contribution in [0.4, 0.5) is 13.2 Å². The maximum absolute atomic E-state index is 13.6. The molecule has 0 saturated carbocycles. The highest BCUT2D eigenvalue weighted by molar-refractivity contribution is 5.31. The molecule has 2 atom stereocenters. The van der Waals surface area contributed by atoms with Crippen LogP contribution in [0.1, 0.15) is 49.3 Å². The molecule has 0 radical (unpaired) electrons. The van der Waals surface area contributed by atoms with E-state index >= 15 is 0 Å². The van der Waals surface area contributed by atoms with Gasteiger partial charge < -0.3 is 35.0 Å². The molecule has 5 N–H and O–H groups in total. The van der Waals surface area contributed by atoms with Gasteiger partial charge in [-0.1, -0.05) is 0 Å². The third kappa shape index (κ3) is 6.86. The van der Waals surface area contributed by atoms with Crippen molar-refractivity contribution in [2.75, 3.05) is 33.0 Å². The first-order valence-corrected chi connectivity index (χ1v) is 9.39. The summed E-state index contributed by atoms with van der Waals surface area (Å²) in [6.07, 6.45) is 1.56. The quantitative estimate of drug-likeness (QED) is 0.227. The van der Waals surface area contributed by atoms with Crippen LogP contribution < -0.4 is 11.2 Å². The lowest BCUT2D eigenvalue weighted by molar-refractivity contribution is -0.163. The van der Waals surface area contributed by atoms with Gasteiger partial charge in [-0.3, -0.25) is 0 Å². The molecule has 2 unspecified atom stereocenters. The number of hydrogen-bond donors (Lipinski definition) is 4. The van der Waals surface area contributed by atoms with Crippen molar-refractivity contribution in [1.82, 2.24) is 5.48 Å². The van der Waals surface area contributed by atoms with Gasteiger partial charge in [-0.2, -0.15) is 5.48 Å². The van der Waals surface area contributed by atoms with Gasteiger partial charge in [-0.15, -0.1) is 0 Å². The normalized spacial score (nSPS) is 21.0. The van der Waals surface area contributed by atoms with E-state index in [1.807, 2.05) is 0 Å². The Balaban J connectivity index is 0.000000234. The number of nitrogens with two attached hydrogens (primary N) is 1. The zero-order valence-corrected chi connectivity index (χ0v) is 15.9. The fourth-order valence-electron chi connectivity index (χ4n) is 2.77. The first-order chi connectivity index (χ1) is 14.0. The van der Waals surface area contributed by atoms with Gasteiger partial charge in [0.2, 0.25) is 0 Å². The second-order valence-electron chi connectivity index (χ2n) is 6.42. The van der Waals surface area contributed by atoms with Crippen molar-refractivity contribution in [3.63, 3.8) is 0 Å². The second kappa shape index (κ2) is 12.4. The minimum Gasteiger partial charge on any atom is -0.396 e. The fourth-order valence-corrected chi connectivity index (χ4v) is 2.77. The third-order valence-corrected chi connectivity index (χ3v) is 4.30. The van der Waals surface area contributed by atoms with Crippen LogP contribution in [0.25, 0.3) is 0 Å². The summed E-state index contributed by atoms with van der Waals surface area (Å²) in [5.74, 6) is -4.55. The Kier molecular flexibility index (Phi) is 10.2. The van der Waals surface area contributed by atoms with Crippen LogP contribution in [0.3, 0.4) is 0 Å². The summed E-state index contributed by atoms with van der Waals surface area (Å²) in [7, 11) is 0. The summed E-state index contributed by atoms with van der Waals surface area (Å²) >= 11 is 0. The summed E-state index contributed by atoms with van der Waals surface area (Å²) in [5.41, 5.74) is 6.14. The molecule has 2 aliphatic heterocycles. The van der Waals surface area contributed by atoms with E-state index in [4.69, 9.17) is 35.0 Å². The Bertz CT molecular complexity index is 628. The standard InChI is InChI=1S/C10H11F3N2O3.C8H16O3/c11-6-4(9(14)15-16)3-5(7(12)8(6)13)10-17-1-2-18-10;9-5-3-7-11-8-4-1-2-6-10-8/h3,9-10,15-16H,1-2,14H2;8-9H,1-7H2. The summed E-state index contributed by atoms with van der Waals surface area (Å²) in [6, 6.07) is 0.956. The van der Waals surface area contributed by atoms with Crippen molar-refractivity contribution in [3.8, 4) is 0 Å². The first-order valence-electron chi connectivity index (χ1n) is 9.39. The van der Waals surface area contributed by atoms with E-state index in [0.29, 0.717) is 13.0 Å². The Hall–Kier alpha value is -1.31. The van der Waals surface area contributed by atoms with Crippen LogP contribution in [0.2, 0.25) is 0 Å². The van der Waals surface area contributed by atoms with Gasteiger partial charge in [0.25, 0.3) is 0 Å². The third-order valence-electron chi connectivity index (χ3n) is 4.30. The van der Waals surface area contributed by atoms with Gasteiger partial charge >= 0.3 is 0 Å². The van der Waals surface area contributed by atoms with E-state index in [2.05, 4.69) is 0 Å². The molecule has 3 rings (SSSR count). The zero-order chi connectivity index (χ0) is 21.2. The average Bonchev–Trinajstić information content (AvgIpc) is 3.28. The molecule has 0 bridgehead atoms. The average molecular weight is 424 g/mol.